The van der Waals surface area contributed by atoms with Crippen molar-refractivity contribution in [1.82, 2.24) is 9.47 Å². The third-order valence-electron chi connectivity index (χ3n) is 4.98. The van der Waals surface area contributed by atoms with E-state index in [1.807, 2.05) is 0 Å². The summed E-state index contributed by atoms with van der Waals surface area (Å²) >= 11 is 0. The van der Waals surface area contributed by atoms with Crippen LogP contribution in [0.15, 0.2) is 24.4 Å². The summed E-state index contributed by atoms with van der Waals surface area (Å²) in [5.41, 5.74) is 0.473. The number of ether oxygens (including phenoxy) is 2. The minimum absolute atomic E-state index is 0.0957. The predicted octanol–water partition coefficient (Wildman–Crippen LogP) is 2.68. The Balaban J connectivity index is 1.60. The first-order valence-corrected chi connectivity index (χ1v) is 8.63. The van der Waals surface area contributed by atoms with Crippen LogP contribution < -0.4 is 0 Å². The van der Waals surface area contributed by atoms with E-state index in [0.29, 0.717) is 25.1 Å². The number of nitrogens with zero attached hydrogens (tertiary/aromatic N) is 2. The fraction of sp³-hybridized carbons (Fsp3) is 0.500. The average molecular weight is 368 g/mol. The maximum absolute atomic E-state index is 13.6. The number of carbonyl (C=O) groups is 1. The number of hydrogen-bond donors (Lipinski definition) is 0. The van der Waals surface area contributed by atoms with Gasteiger partial charge in [-0.05, 0) is 24.6 Å². The predicted molar refractivity (Wildman–Crippen MR) is 87.9 cm³/mol. The maximum atomic E-state index is 13.6. The van der Waals surface area contributed by atoms with Crippen molar-refractivity contribution in [2.45, 2.75) is 31.6 Å². The second-order valence-corrected chi connectivity index (χ2v) is 6.69. The van der Waals surface area contributed by atoms with Gasteiger partial charge in [0.2, 0.25) is 0 Å². The number of morpholine rings is 1. The van der Waals surface area contributed by atoms with Gasteiger partial charge in [0, 0.05) is 36.7 Å². The molecule has 3 atom stereocenters. The quantitative estimate of drug-likeness (QED) is 0.779. The van der Waals surface area contributed by atoms with Crippen LogP contribution in [0.25, 0.3) is 10.9 Å². The summed E-state index contributed by atoms with van der Waals surface area (Å²) in [5, 5.41) is 0.276. The van der Waals surface area contributed by atoms with Crippen LogP contribution >= 0.6 is 0 Å². The molecule has 2 aliphatic heterocycles. The number of aromatic nitrogens is 1. The number of carbonyl (C=O) groups excluding carboxylic acids is 1. The molecule has 2 aliphatic rings. The number of halogens is 3. The lowest BCUT2D eigenvalue weighted by molar-refractivity contribution is -0.122. The summed E-state index contributed by atoms with van der Waals surface area (Å²) in [6, 6.07) is 3.76. The Kier molecular flexibility index (Phi) is 4.62. The van der Waals surface area contributed by atoms with Crippen LogP contribution in [0, 0.1) is 5.82 Å². The van der Waals surface area contributed by atoms with Crippen molar-refractivity contribution in [3.05, 3.63) is 35.8 Å². The first kappa shape index (κ1) is 17.4. The van der Waals surface area contributed by atoms with Crippen LogP contribution in [0.4, 0.5) is 13.2 Å². The molecule has 2 fully saturated rings. The summed E-state index contributed by atoms with van der Waals surface area (Å²) in [4.78, 5) is 14.9. The van der Waals surface area contributed by atoms with Crippen LogP contribution in [0.1, 0.15) is 16.8 Å². The summed E-state index contributed by atoms with van der Waals surface area (Å²) in [7, 11) is 0. The number of rotatable bonds is 4. The minimum atomic E-state index is -2.58. The highest BCUT2D eigenvalue weighted by atomic mass is 19.3. The van der Waals surface area contributed by atoms with Gasteiger partial charge in [-0.25, -0.2) is 18.0 Å². The molecule has 0 aliphatic carbocycles. The highest BCUT2D eigenvalue weighted by Crippen LogP contribution is 2.27. The topological polar surface area (TPSA) is 43.7 Å². The van der Waals surface area contributed by atoms with Crippen molar-refractivity contribution < 1.29 is 27.4 Å². The highest BCUT2D eigenvalue weighted by Gasteiger charge is 2.36. The molecule has 1 aromatic carbocycles. The van der Waals surface area contributed by atoms with Crippen molar-refractivity contribution >= 4 is 16.9 Å². The Morgan fingerprint density at radius 1 is 1.35 bits per heavy atom. The van der Waals surface area contributed by atoms with Gasteiger partial charge in [0.15, 0.2) is 0 Å². The summed E-state index contributed by atoms with van der Waals surface area (Å²) in [6.07, 6.45) is -1.19. The number of hydrogen-bond acceptors (Lipinski definition) is 4. The van der Waals surface area contributed by atoms with E-state index < -0.39 is 24.8 Å². The van der Waals surface area contributed by atoms with E-state index in [2.05, 4.69) is 4.90 Å². The van der Waals surface area contributed by atoms with E-state index in [0.717, 1.165) is 13.1 Å². The molecule has 2 bridgehead atoms. The number of esters is 1. The lowest BCUT2D eigenvalue weighted by atomic mass is 10.0. The first-order chi connectivity index (χ1) is 12.5. The Bertz CT molecular complexity index is 823. The van der Waals surface area contributed by atoms with Gasteiger partial charge in [-0.2, -0.15) is 0 Å². The van der Waals surface area contributed by atoms with Gasteiger partial charge in [0.25, 0.3) is 6.43 Å². The Hall–Kier alpha value is -2.06. The van der Waals surface area contributed by atoms with Gasteiger partial charge in [-0.3, -0.25) is 4.90 Å². The molecule has 2 saturated heterocycles. The number of fused-ring (bicyclic) bond motifs is 3. The van der Waals surface area contributed by atoms with Gasteiger partial charge in [-0.1, -0.05) is 0 Å². The number of piperidine rings is 1. The first-order valence-electron chi connectivity index (χ1n) is 8.63. The van der Waals surface area contributed by atoms with E-state index in [1.165, 1.54) is 29.0 Å². The summed E-state index contributed by atoms with van der Waals surface area (Å²) in [5.74, 6) is -1.17. The molecule has 26 heavy (non-hydrogen) atoms. The van der Waals surface area contributed by atoms with Crippen molar-refractivity contribution in [3.8, 4) is 0 Å². The Morgan fingerprint density at radius 3 is 3.00 bits per heavy atom. The molecule has 0 amide bonds. The number of alkyl halides is 2. The molecular weight excluding hydrogens is 349 g/mol. The fourth-order valence-corrected chi connectivity index (χ4v) is 3.72. The second-order valence-electron chi connectivity index (χ2n) is 6.69. The summed E-state index contributed by atoms with van der Waals surface area (Å²) < 4.78 is 51.8. The molecule has 140 valence electrons. The number of benzene rings is 1. The lowest BCUT2D eigenvalue weighted by Crippen LogP contribution is -2.54. The zero-order valence-corrected chi connectivity index (χ0v) is 14.0. The molecular formula is C18H19F3N2O3. The van der Waals surface area contributed by atoms with Gasteiger partial charge >= 0.3 is 5.97 Å². The zero-order chi connectivity index (χ0) is 18.3. The molecule has 0 N–H and O–H groups in total. The van der Waals surface area contributed by atoms with Gasteiger partial charge < -0.3 is 14.0 Å². The average Bonchev–Trinajstić information content (AvgIpc) is 2.95. The normalized spacial score (nSPS) is 25.6. The van der Waals surface area contributed by atoms with Crippen LogP contribution in [-0.2, 0) is 16.0 Å². The Labute approximate surface area is 148 Å². The molecule has 5 nitrogen and oxygen atoms in total. The monoisotopic (exact) mass is 368 g/mol. The molecule has 4 rings (SSSR count). The molecule has 0 radical (unpaired) electrons. The van der Waals surface area contributed by atoms with Crippen molar-refractivity contribution in [2.75, 3.05) is 26.2 Å². The van der Waals surface area contributed by atoms with Gasteiger partial charge in [0.05, 0.1) is 18.7 Å². The van der Waals surface area contributed by atoms with E-state index >= 15 is 0 Å². The zero-order valence-electron chi connectivity index (χ0n) is 14.0. The van der Waals surface area contributed by atoms with E-state index in [4.69, 9.17) is 9.47 Å². The molecule has 8 heteroatoms. The SMILES string of the molecule is O=C(O[C@H]1CCN2CCO[C@@H]1C2)c1cn(CC(F)F)c2ccc(F)cc12. The van der Waals surface area contributed by atoms with Crippen LogP contribution in [0.5, 0.6) is 0 Å². The molecule has 0 spiro atoms. The molecule has 1 aromatic heterocycles. The van der Waals surface area contributed by atoms with Crippen molar-refractivity contribution in [3.63, 3.8) is 0 Å². The highest BCUT2D eigenvalue weighted by molar-refractivity contribution is 6.04. The molecule has 2 aromatic rings. The van der Waals surface area contributed by atoms with E-state index in [9.17, 15) is 18.0 Å². The van der Waals surface area contributed by atoms with Crippen LogP contribution in [0.2, 0.25) is 0 Å². The smallest absolute Gasteiger partial charge is 0.340 e. The lowest BCUT2D eigenvalue weighted by Gasteiger charge is -2.41. The van der Waals surface area contributed by atoms with Gasteiger partial charge in [0.1, 0.15) is 18.0 Å². The minimum Gasteiger partial charge on any atom is -0.456 e. The third-order valence-corrected chi connectivity index (χ3v) is 4.98. The largest absolute Gasteiger partial charge is 0.456 e. The van der Waals surface area contributed by atoms with E-state index in [-0.39, 0.29) is 23.2 Å². The van der Waals surface area contributed by atoms with Crippen molar-refractivity contribution in [1.29, 1.82) is 0 Å². The maximum Gasteiger partial charge on any atom is 0.340 e. The standard InChI is InChI=1S/C18H19F3N2O3/c19-11-1-2-14-12(7-11)13(8-23(14)10-17(20)21)18(24)26-15-3-4-22-5-6-25-16(15)9-22/h1-2,7-8,15-17H,3-6,9-10H2/t15-,16+/m0/s1. The third kappa shape index (κ3) is 3.31. The molecule has 1 unspecified atom stereocenters. The summed E-state index contributed by atoms with van der Waals surface area (Å²) in [6.45, 7) is 2.42. The second kappa shape index (κ2) is 6.92. The molecule has 0 saturated carbocycles. The van der Waals surface area contributed by atoms with Crippen molar-refractivity contribution in [2.24, 2.45) is 0 Å². The Morgan fingerprint density at radius 2 is 2.19 bits per heavy atom. The molecule has 3 heterocycles. The van der Waals surface area contributed by atoms with Crippen LogP contribution in [-0.4, -0.2) is 60.3 Å². The fourth-order valence-electron chi connectivity index (χ4n) is 3.72. The van der Waals surface area contributed by atoms with Gasteiger partial charge in [-0.15, -0.1) is 0 Å². The van der Waals surface area contributed by atoms with E-state index in [1.54, 1.807) is 0 Å². The van der Waals surface area contributed by atoms with Crippen LogP contribution in [0.3, 0.4) is 0 Å².